The van der Waals surface area contributed by atoms with Crippen molar-refractivity contribution in [3.05, 3.63) is 29.3 Å². The predicted molar refractivity (Wildman–Crippen MR) is 90.1 cm³/mol. The van der Waals surface area contributed by atoms with Gasteiger partial charge >= 0.3 is 0 Å². The summed E-state index contributed by atoms with van der Waals surface area (Å²) in [5.74, 6) is 2.11. The molecule has 0 heterocycles. The normalized spacial score (nSPS) is 11.8. The number of rotatable bonds is 9. The Morgan fingerprint density at radius 2 is 2.05 bits per heavy atom. The van der Waals surface area contributed by atoms with Crippen LogP contribution in [0, 0.1) is 5.92 Å². The Morgan fingerprint density at radius 3 is 2.62 bits per heavy atom. The van der Waals surface area contributed by atoms with Gasteiger partial charge in [0.2, 0.25) is 0 Å². The molecule has 0 radical (unpaired) electrons. The van der Waals surface area contributed by atoms with Crippen molar-refractivity contribution in [2.45, 2.75) is 34.1 Å². The number of benzene rings is 1. The first-order valence-corrected chi connectivity index (χ1v) is 7.84. The third-order valence-electron chi connectivity index (χ3n) is 3.35. The molecule has 0 fully saturated rings. The van der Waals surface area contributed by atoms with Gasteiger partial charge in [0.25, 0.3) is 0 Å². The standard InChI is InChI=1S/C18H29NO2/c1-6-11-19-13-16(14(3)4)12-15-9-8-10-17(21-7-2)18(15)20-5/h8-10,12,14,19H,6-7,11,13H2,1-5H3. The molecular formula is C18H29NO2. The molecule has 0 unspecified atom stereocenters. The maximum absolute atomic E-state index is 5.64. The third kappa shape index (κ3) is 5.43. The number of para-hydroxylation sites is 1. The van der Waals surface area contributed by atoms with Crippen LogP contribution in [0.15, 0.2) is 23.8 Å². The van der Waals surface area contributed by atoms with Crippen LogP contribution in [0.2, 0.25) is 0 Å². The minimum Gasteiger partial charge on any atom is -0.492 e. The average Bonchev–Trinajstić information content (AvgIpc) is 2.47. The van der Waals surface area contributed by atoms with E-state index < -0.39 is 0 Å². The molecule has 0 aliphatic carbocycles. The van der Waals surface area contributed by atoms with E-state index in [-0.39, 0.29) is 0 Å². The second-order valence-electron chi connectivity index (χ2n) is 5.36. The highest BCUT2D eigenvalue weighted by Gasteiger charge is 2.10. The second-order valence-corrected chi connectivity index (χ2v) is 5.36. The van der Waals surface area contributed by atoms with Gasteiger partial charge in [0.1, 0.15) is 0 Å². The molecule has 1 aromatic rings. The quantitative estimate of drug-likeness (QED) is 0.694. The lowest BCUT2D eigenvalue weighted by atomic mass is 9.99. The Hall–Kier alpha value is -1.48. The number of methoxy groups -OCH3 is 1. The zero-order chi connectivity index (χ0) is 15.7. The lowest BCUT2D eigenvalue weighted by Gasteiger charge is -2.15. The molecule has 0 bridgehead atoms. The fourth-order valence-electron chi connectivity index (χ4n) is 2.17. The molecule has 1 aromatic carbocycles. The Morgan fingerprint density at radius 1 is 1.29 bits per heavy atom. The van der Waals surface area contributed by atoms with Crippen LogP contribution < -0.4 is 14.8 Å². The van der Waals surface area contributed by atoms with Crippen molar-refractivity contribution in [2.24, 2.45) is 5.92 Å². The van der Waals surface area contributed by atoms with E-state index in [1.165, 1.54) is 5.57 Å². The summed E-state index contributed by atoms with van der Waals surface area (Å²) >= 11 is 0. The van der Waals surface area contributed by atoms with Gasteiger partial charge in [0.05, 0.1) is 13.7 Å². The van der Waals surface area contributed by atoms with Crippen molar-refractivity contribution in [3.63, 3.8) is 0 Å². The summed E-state index contributed by atoms with van der Waals surface area (Å²) in [6.07, 6.45) is 3.36. The minimum absolute atomic E-state index is 0.495. The van der Waals surface area contributed by atoms with Crippen LogP contribution >= 0.6 is 0 Å². The van der Waals surface area contributed by atoms with Gasteiger partial charge in [-0.2, -0.15) is 0 Å². The Bertz CT molecular complexity index is 453. The fourth-order valence-corrected chi connectivity index (χ4v) is 2.17. The summed E-state index contributed by atoms with van der Waals surface area (Å²) in [5, 5.41) is 3.47. The topological polar surface area (TPSA) is 30.5 Å². The largest absolute Gasteiger partial charge is 0.492 e. The first-order valence-electron chi connectivity index (χ1n) is 7.84. The maximum atomic E-state index is 5.64. The first-order chi connectivity index (χ1) is 10.1. The van der Waals surface area contributed by atoms with Gasteiger partial charge in [-0.05, 0) is 31.9 Å². The molecule has 0 saturated carbocycles. The van der Waals surface area contributed by atoms with E-state index >= 15 is 0 Å². The van der Waals surface area contributed by atoms with Crippen LogP contribution in [-0.2, 0) is 0 Å². The van der Waals surface area contributed by atoms with E-state index in [0.717, 1.165) is 36.6 Å². The Kier molecular flexibility index (Phi) is 7.91. The molecule has 118 valence electrons. The monoisotopic (exact) mass is 291 g/mol. The predicted octanol–water partition coefficient (Wildman–Crippen LogP) is 4.13. The van der Waals surface area contributed by atoms with Gasteiger partial charge in [-0.25, -0.2) is 0 Å². The van der Waals surface area contributed by atoms with Crippen LogP contribution in [0.3, 0.4) is 0 Å². The molecule has 0 atom stereocenters. The third-order valence-corrected chi connectivity index (χ3v) is 3.35. The molecule has 1 rings (SSSR count). The van der Waals surface area contributed by atoms with Gasteiger partial charge in [0.15, 0.2) is 11.5 Å². The van der Waals surface area contributed by atoms with Gasteiger partial charge in [-0.3, -0.25) is 0 Å². The number of ether oxygens (including phenoxy) is 2. The van der Waals surface area contributed by atoms with Crippen LogP contribution in [0.4, 0.5) is 0 Å². The van der Waals surface area contributed by atoms with Crippen LogP contribution in [0.25, 0.3) is 6.08 Å². The van der Waals surface area contributed by atoms with Crippen LogP contribution in [-0.4, -0.2) is 26.8 Å². The van der Waals surface area contributed by atoms with E-state index in [2.05, 4.69) is 38.2 Å². The zero-order valence-corrected chi connectivity index (χ0v) is 14.0. The summed E-state index contributed by atoms with van der Waals surface area (Å²) in [5.41, 5.74) is 2.45. The van der Waals surface area contributed by atoms with Gasteiger partial charge in [0, 0.05) is 12.1 Å². The summed E-state index contributed by atoms with van der Waals surface area (Å²) in [6, 6.07) is 6.03. The van der Waals surface area contributed by atoms with Gasteiger partial charge < -0.3 is 14.8 Å². The molecule has 3 nitrogen and oxygen atoms in total. The molecule has 21 heavy (non-hydrogen) atoms. The Balaban J connectivity index is 3.05. The highest BCUT2D eigenvalue weighted by molar-refractivity contribution is 5.64. The summed E-state index contributed by atoms with van der Waals surface area (Å²) in [4.78, 5) is 0. The number of nitrogens with one attached hydrogen (secondary N) is 1. The molecule has 1 N–H and O–H groups in total. The van der Waals surface area contributed by atoms with Crippen molar-refractivity contribution < 1.29 is 9.47 Å². The van der Waals surface area contributed by atoms with Crippen molar-refractivity contribution >= 4 is 6.08 Å². The molecule has 0 aromatic heterocycles. The number of hydrogen-bond acceptors (Lipinski definition) is 3. The molecule has 0 aliphatic heterocycles. The van der Waals surface area contributed by atoms with E-state index in [9.17, 15) is 0 Å². The lowest BCUT2D eigenvalue weighted by molar-refractivity contribution is 0.310. The number of hydrogen-bond donors (Lipinski definition) is 1. The fraction of sp³-hybridized carbons (Fsp3) is 0.556. The average molecular weight is 291 g/mol. The van der Waals surface area contributed by atoms with Crippen LogP contribution in [0.5, 0.6) is 11.5 Å². The molecule has 3 heteroatoms. The van der Waals surface area contributed by atoms with Crippen molar-refractivity contribution in [1.29, 1.82) is 0 Å². The van der Waals surface area contributed by atoms with Crippen LogP contribution in [0.1, 0.15) is 39.7 Å². The van der Waals surface area contributed by atoms with Crippen molar-refractivity contribution in [3.8, 4) is 11.5 Å². The van der Waals surface area contributed by atoms with Crippen molar-refractivity contribution in [1.82, 2.24) is 5.32 Å². The van der Waals surface area contributed by atoms with Crippen molar-refractivity contribution in [2.75, 3.05) is 26.8 Å². The van der Waals surface area contributed by atoms with E-state index in [4.69, 9.17) is 9.47 Å². The maximum Gasteiger partial charge on any atom is 0.167 e. The van der Waals surface area contributed by atoms with Gasteiger partial charge in [-0.1, -0.05) is 44.6 Å². The highest BCUT2D eigenvalue weighted by atomic mass is 16.5. The molecule has 0 amide bonds. The summed E-state index contributed by atoms with van der Waals surface area (Å²) in [6.45, 7) is 11.2. The zero-order valence-electron chi connectivity index (χ0n) is 14.0. The highest BCUT2D eigenvalue weighted by Crippen LogP contribution is 2.33. The lowest BCUT2D eigenvalue weighted by Crippen LogP contribution is -2.20. The minimum atomic E-state index is 0.495. The Labute approximate surface area is 129 Å². The molecular weight excluding hydrogens is 262 g/mol. The van der Waals surface area contributed by atoms with E-state index in [1.54, 1.807) is 7.11 Å². The summed E-state index contributed by atoms with van der Waals surface area (Å²) < 4.78 is 11.2. The second kappa shape index (κ2) is 9.46. The molecule has 0 aliphatic rings. The van der Waals surface area contributed by atoms with E-state index in [1.807, 2.05) is 19.1 Å². The first kappa shape index (κ1) is 17.6. The molecule has 0 saturated heterocycles. The summed E-state index contributed by atoms with van der Waals surface area (Å²) in [7, 11) is 1.69. The van der Waals surface area contributed by atoms with Gasteiger partial charge in [-0.15, -0.1) is 0 Å². The van der Waals surface area contributed by atoms with E-state index in [0.29, 0.717) is 12.5 Å². The SMILES string of the molecule is CCCNCC(=Cc1cccc(OCC)c1OC)C(C)C. The molecule has 0 spiro atoms. The smallest absolute Gasteiger partial charge is 0.167 e.